The van der Waals surface area contributed by atoms with Crippen LogP contribution in [0.25, 0.3) is 0 Å². The predicted molar refractivity (Wildman–Crippen MR) is 142 cm³/mol. The van der Waals surface area contributed by atoms with Crippen molar-refractivity contribution in [3.8, 4) is 0 Å². The van der Waals surface area contributed by atoms with Crippen molar-refractivity contribution in [3.63, 3.8) is 0 Å². The second-order valence-corrected chi connectivity index (χ2v) is 8.85. The second-order valence-electron chi connectivity index (χ2n) is 8.85. The number of rotatable bonds is 28. The van der Waals surface area contributed by atoms with Gasteiger partial charge in [0.05, 0.1) is 31.8 Å². The van der Waals surface area contributed by atoms with Gasteiger partial charge in [-0.15, -0.1) is 26.3 Å². The Morgan fingerprint density at radius 2 is 0.636 bits per heavy atom. The van der Waals surface area contributed by atoms with Crippen LogP contribution >= 0.6 is 0 Å². The maximum Gasteiger partial charge on any atom is 0.0637 e. The molecular weight excluding hydrogens is 412 g/mol. The van der Waals surface area contributed by atoms with Crippen LogP contribution in [-0.4, -0.2) is 52.9 Å². The Balaban J connectivity index is 4.80. The molecule has 0 heterocycles. The molecule has 0 atom stereocenters. The normalized spacial score (nSPS) is 11.4. The van der Waals surface area contributed by atoms with Crippen molar-refractivity contribution in [3.05, 3.63) is 50.6 Å². The summed E-state index contributed by atoms with van der Waals surface area (Å²) >= 11 is 0. The number of hydrogen-bond acceptors (Lipinski definition) is 4. The van der Waals surface area contributed by atoms with Crippen molar-refractivity contribution < 1.29 is 18.9 Å². The first-order chi connectivity index (χ1) is 16.2. The van der Waals surface area contributed by atoms with Crippen LogP contribution in [0.4, 0.5) is 0 Å². The monoisotopic (exact) mass is 464 g/mol. The van der Waals surface area contributed by atoms with Gasteiger partial charge in [-0.3, -0.25) is 0 Å². The molecule has 0 aromatic rings. The highest BCUT2D eigenvalue weighted by molar-refractivity contribution is 4.80. The van der Waals surface area contributed by atoms with Gasteiger partial charge in [-0.1, -0.05) is 24.3 Å². The summed E-state index contributed by atoms with van der Waals surface area (Å²) in [6.45, 7) is 20.5. The fourth-order valence-electron chi connectivity index (χ4n) is 3.38. The summed E-state index contributed by atoms with van der Waals surface area (Å²) in [7, 11) is 0. The zero-order valence-electron chi connectivity index (χ0n) is 21.4. The molecule has 0 aromatic heterocycles. The lowest BCUT2D eigenvalue weighted by molar-refractivity contribution is -0.107. The van der Waals surface area contributed by atoms with E-state index in [-0.39, 0.29) is 5.41 Å². The average Bonchev–Trinajstić information content (AvgIpc) is 2.83. The first-order valence-corrected chi connectivity index (χ1v) is 13.0. The summed E-state index contributed by atoms with van der Waals surface area (Å²) in [4.78, 5) is 0. The van der Waals surface area contributed by atoms with Crippen LogP contribution < -0.4 is 0 Å². The summed E-state index contributed by atoms with van der Waals surface area (Å²) in [6, 6.07) is 0. The van der Waals surface area contributed by atoms with Gasteiger partial charge in [0.15, 0.2) is 0 Å². The maximum absolute atomic E-state index is 6.12. The minimum absolute atomic E-state index is 0.284. The molecule has 0 saturated heterocycles. The molecule has 0 amide bonds. The van der Waals surface area contributed by atoms with Crippen LogP contribution in [0.2, 0.25) is 0 Å². The van der Waals surface area contributed by atoms with Gasteiger partial charge in [0, 0.05) is 26.4 Å². The van der Waals surface area contributed by atoms with Gasteiger partial charge in [-0.05, 0) is 77.0 Å². The molecule has 4 nitrogen and oxygen atoms in total. The lowest BCUT2D eigenvalue weighted by atomic mass is 9.92. The van der Waals surface area contributed by atoms with E-state index in [0.717, 1.165) is 103 Å². The molecular formula is C29H52O4. The van der Waals surface area contributed by atoms with E-state index in [1.807, 2.05) is 24.3 Å². The molecule has 0 aliphatic heterocycles. The summed E-state index contributed by atoms with van der Waals surface area (Å²) in [5.74, 6) is 0. The quantitative estimate of drug-likeness (QED) is 0.0889. The van der Waals surface area contributed by atoms with E-state index >= 15 is 0 Å². The fourth-order valence-corrected chi connectivity index (χ4v) is 3.38. The molecule has 0 fully saturated rings. The van der Waals surface area contributed by atoms with E-state index in [2.05, 4.69) is 26.3 Å². The van der Waals surface area contributed by atoms with Gasteiger partial charge >= 0.3 is 0 Å². The zero-order valence-corrected chi connectivity index (χ0v) is 21.4. The third-order valence-electron chi connectivity index (χ3n) is 5.42. The van der Waals surface area contributed by atoms with E-state index in [9.17, 15) is 0 Å². The zero-order chi connectivity index (χ0) is 24.3. The summed E-state index contributed by atoms with van der Waals surface area (Å²) in [6.07, 6.45) is 20.6. The van der Waals surface area contributed by atoms with Gasteiger partial charge in [0.25, 0.3) is 0 Å². The van der Waals surface area contributed by atoms with Gasteiger partial charge in [-0.25, -0.2) is 0 Å². The Bertz CT molecular complexity index is 375. The molecule has 0 rings (SSSR count). The summed E-state index contributed by atoms with van der Waals surface area (Å²) in [5, 5.41) is 0. The van der Waals surface area contributed by atoms with Crippen molar-refractivity contribution in [1.82, 2.24) is 0 Å². The Morgan fingerprint density at radius 3 is 0.848 bits per heavy atom. The lowest BCUT2D eigenvalue weighted by Crippen LogP contribution is -2.42. The number of hydrogen-bond donors (Lipinski definition) is 0. The van der Waals surface area contributed by atoms with Crippen molar-refractivity contribution in [2.45, 2.75) is 77.0 Å². The number of ether oxygens (including phenoxy) is 4. The predicted octanol–water partition coefficient (Wildman–Crippen LogP) is 7.46. The lowest BCUT2D eigenvalue weighted by Gasteiger charge is -2.33. The largest absolute Gasteiger partial charge is 0.381 e. The fraction of sp³-hybridized carbons (Fsp3) is 0.724. The van der Waals surface area contributed by atoms with Gasteiger partial charge in [-0.2, -0.15) is 0 Å². The van der Waals surface area contributed by atoms with E-state index in [1.165, 1.54) is 0 Å². The summed E-state index contributed by atoms with van der Waals surface area (Å²) < 4.78 is 24.5. The van der Waals surface area contributed by atoms with Crippen LogP contribution in [0.3, 0.4) is 0 Å². The van der Waals surface area contributed by atoms with Crippen LogP contribution in [0.15, 0.2) is 50.6 Å². The van der Waals surface area contributed by atoms with E-state index < -0.39 is 0 Å². The molecule has 0 unspecified atom stereocenters. The highest BCUT2D eigenvalue weighted by Crippen LogP contribution is 2.22. The molecule has 0 bridgehead atoms. The topological polar surface area (TPSA) is 36.9 Å². The molecule has 0 aliphatic rings. The molecule has 0 aliphatic carbocycles. The van der Waals surface area contributed by atoms with Crippen molar-refractivity contribution in [1.29, 1.82) is 0 Å². The van der Waals surface area contributed by atoms with Gasteiger partial charge in [0.1, 0.15) is 0 Å². The third kappa shape index (κ3) is 21.1. The molecule has 0 saturated carbocycles. The van der Waals surface area contributed by atoms with Crippen molar-refractivity contribution >= 4 is 0 Å². The average molecular weight is 465 g/mol. The number of allylic oxidation sites excluding steroid dienone is 4. The third-order valence-corrected chi connectivity index (χ3v) is 5.42. The second kappa shape index (κ2) is 25.4. The first-order valence-electron chi connectivity index (χ1n) is 13.0. The van der Waals surface area contributed by atoms with Crippen LogP contribution in [0.1, 0.15) is 77.0 Å². The Morgan fingerprint density at radius 1 is 0.394 bits per heavy atom. The first kappa shape index (κ1) is 31.8. The van der Waals surface area contributed by atoms with E-state index in [1.54, 1.807) is 0 Å². The van der Waals surface area contributed by atoms with Crippen molar-refractivity contribution in [2.24, 2.45) is 5.41 Å². The van der Waals surface area contributed by atoms with Gasteiger partial charge in [0.2, 0.25) is 0 Å². The van der Waals surface area contributed by atoms with Crippen LogP contribution in [0.5, 0.6) is 0 Å². The Hall–Kier alpha value is -1.20. The maximum atomic E-state index is 6.12. The molecule has 0 radical (unpaired) electrons. The molecule has 0 N–H and O–H groups in total. The Kier molecular flexibility index (Phi) is 24.5. The molecule has 33 heavy (non-hydrogen) atoms. The standard InChI is InChI=1S/C29H52O4/c1-5-9-13-17-21-30-25-29(26-31-22-18-14-10-6-2,27-32-23-19-15-11-7-3)28-33-24-20-16-12-8-4/h5-8H,1-4,9-28H2. The molecule has 0 spiro atoms. The van der Waals surface area contributed by atoms with E-state index in [4.69, 9.17) is 18.9 Å². The minimum Gasteiger partial charge on any atom is -0.381 e. The van der Waals surface area contributed by atoms with Crippen LogP contribution in [-0.2, 0) is 18.9 Å². The number of unbranched alkanes of at least 4 members (excludes halogenated alkanes) is 8. The van der Waals surface area contributed by atoms with Crippen LogP contribution in [0, 0.1) is 5.41 Å². The molecule has 192 valence electrons. The minimum atomic E-state index is -0.284. The SMILES string of the molecule is C=CCCCCOCC(COCCCCC=C)(COCCCCC=C)COCCCCC=C. The molecule has 0 aromatic carbocycles. The smallest absolute Gasteiger partial charge is 0.0637 e. The highest BCUT2D eigenvalue weighted by Gasteiger charge is 2.32. The molecule has 4 heteroatoms. The Labute approximate surface area is 205 Å². The summed E-state index contributed by atoms with van der Waals surface area (Å²) in [5.41, 5.74) is -0.284. The highest BCUT2D eigenvalue weighted by atomic mass is 16.5. The van der Waals surface area contributed by atoms with Gasteiger partial charge < -0.3 is 18.9 Å². The van der Waals surface area contributed by atoms with E-state index in [0.29, 0.717) is 26.4 Å². The van der Waals surface area contributed by atoms with Crippen molar-refractivity contribution in [2.75, 3.05) is 52.9 Å².